The van der Waals surface area contributed by atoms with Crippen molar-refractivity contribution in [3.05, 3.63) is 198 Å². The summed E-state index contributed by atoms with van der Waals surface area (Å²) in [6, 6.07) is 51.1. The van der Waals surface area contributed by atoms with Gasteiger partial charge >= 0.3 is 0 Å². The molecule has 1 unspecified atom stereocenters. The van der Waals surface area contributed by atoms with Gasteiger partial charge in [-0.15, -0.1) is 0 Å². The normalized spacial score (nSPS) is 14.2. The number of sulfonamides is 2. The lowest BCUT2D eigenvalue weighted by Crippen LogP contribution is -2.40. The quantitative estimate of drug-likeness (QED) is 0.131. The molecule has 10 nitrogen and oxygen atoms in total. The fourth-order valence-corrected chi connectivity index (χ4v) is 9.63. The van der Waals surface area contributed by atoms with Crippen molar-refractivity contribution < 1.29 is 26.4 Å². The van der Waals surface area contributed by atoms with E-state index < -0.39 is 25.6 Å². The zero-order valence-electron chi connectivity index (χ0n) is 35.6. The van der Waals surface area contributed by atoms with Crippen LogP contribution in [-0.4, -0.2) is 58.4 Å². The molecular formula is C50H54N4O6S2. The molecule has 62 heavy (non-hydrogen) atoms. The molecule has 1 N–H and O–H groups in total. The van der Waals surface area contributed by atoms with Crippen LogP contribution < -0.4 is 13.9 Å². The molecule has 0 aliphatic carbocycles. The number of amides is 2. The highest BCUT2D eigenvalue weighted by Crippen LogP contribution is 2.30. The van der Waals surface area contributed by atoms with Crippen molar-refractivity contribution in [3.8, 4) is 0 Å². The van der Waals surface area contributed by atoms with Crippen LogP contribution in [0.1, 0.15) is 76.9 Å². The van der Waals surface area contributed by atoms with Crippen molar-refractivity contribution in [2.45, 2.75) is 63.1 Å². The fraction of sp³-hybridized carbons (Fsp3) is 0.240. The Bertz CT molecular complexity index is 2640. The molecule has 0 radical (unpaired) electrons. The van der Waals surface area contributed by atoms with Crippen LogP contribution in [0.3, 0.4) is 0 Å². The maximum Gasteiger partial charge on any atom is 0.264 e. The molecule has 7 rings (SSSR count). The van der Waals surface area contributed by atoms with Crippen LogP contribution in [0.2, 0.25) is 0 Å². The molecule has 1 saturated heterocycles. The number of hydrogen-bond acceptors (Lipinski definition) is 6. The highest BCUT2D eigenvalue weighted by atomic mass is 32.2. The van der Waals surface area contributed by atoms with Crippen LogP contribution in [-0.2, 0) is 33.1 Å². The number of nitrogens with one attached hydrogen (secondary N) is 1. The Labute approximate surface area is 367 Å². The minimum Gasteiger partial charge on any atom is -0.347 e. The summed E-state index contributed by atoms with van der Waals surface area (Å²) in [7, 11) is -7.35. The van der Waals surface area contributed by atoms with Gasteiger partial charge in [-0.25, -0.2) is 16.8 Å². The zero-order valence-corrected chi connectivity index (χ0v) is 37.2. The number of piperidine rings is 1. The van der Waals surface area contributed by atoms with E-state index in [0.717, 1.165) is 24.0 Å². The smallest absolute Gasteiger partial charge is 0.264 e. The van der Waals surface area contributed by atoms with Gasteiger partial charge in [0.15, 0.2) is 0 Å². The molecule has 1 atom stereocenters. The van der Waals surface area contributed by atoms with Crippen molar-refractivity contribution in [2.24, 2.45) is 0 Å². The number of hydrogen-bond donors (Lipinski definition) is 1. The van der Waals surface area contributed by atoms with Crippen LogP contribution in [0.15, 0.2) is 175 Å². The number of anilines is 2. The van der Waals surface area contributed by atoms with Gasteiger partial charge in [-0.05, 0) is 98.8 Å². The van der Waals surface area contributed by atoms with Crippen LogP contribution in [0, 0.1) is 0 Å². The highest BCUT2D eigenvalue weighted by Gasteiger charge is 2.28. The average molecular weight is 871 g/mol. The van der Waals surface area contributed by atoms with E-state index >= 15 is 0 Å². The largest absolute Gasteiger partial charge is 0.347 e. The third kappa shape index (κ3) is 12.2. The molecule has 6 aromatic carbocycles. The second kappa shape index (κ2) is 20.1. The van der Waals surface area contributed by atoms with Crippen molar-refractivity contribution in [3.63, 3.8) is 0 Å². The number of nitrogens with zero attached hydrogens (tertiary/aromatic N) is 3. The Morgan fingerprint density at radius 1 is 0.629 bits per heavy atom. The molecule has 0 aromatic heterocycles. The van der Waals surface area contributed by atoms with E-state index in [1.54, 1.807) is 78.9 Å². The van der Waals surface area contributed by atoms with E-state index in [-0.39, 0.29) is 29.8 Å². The van der Waals surface area contributed by atoms with Gasteiger partial charge in [-0.1, -0.05) is 121 Å². The maximum absolute atomic E-state index is 13.5. The van der Waals surface area contributed by atoms with Gasteiger partial charge in [0.25, 0.3) is 21.8 Å². The Balaban J connectivity index is 0.000000207. The molecule has 1 aliphatic rings. The first kappa shape index (κ1) is 45.3. The average Bonchev–Trinajstić information content (AvgIpc) is 3.28. The number of likely N-dealkylation sites (tertiary alicyclic amines) is 1. The predicted octanol–water partition coefficient (Wildman–Crippen LogP) is 9.28. The molecule has 1 fully saturated rings. The number of rotatable bonds is 12. The van der Waals surface area contributed by atoms with Gasteiger partial charge in [0, 0.05) is 35.7 Å². The maximum atomic E-state index is 13.5. The molecule has 322 valence electrons. The van der Waals surface area contributed by atoms with Gasteiger partial charge in [0.1, 0.15) is 0 Å². The van der Waals surface area contributed by atoms with E-state index in [4.69, 9.17) is 0 Å². The van der Waals surface area contributed by atoms with E-state index in [2.05, 4.69) is 17.4 Å². The minimum absolute atomic E-state index is 0.0550. The number of carbonyl (C=O) groups excluding carboxylic acids is 2. The third-order valence-corrected chi connectivity index (χ3v) is 13.2. The fourth-order valence-electron chi connectivity index (χ4n) is 7.28. The lowest BCUT2D eigenvalue weighted by Gasteiger charge is -2.33. The van der Waals surface area contributed by atoms with Gasteiger partial charge in [0.05, 0.1) is 35.6 Å². The molecule has 0 spiro atoms. The van der Waals surface area contributed by atoms with Crippen LogP contribution in [0.4, 0.5) is 11.4 Å². The summed E-state index contributed by atoms with van der Waals surface area (Å²) >= 11 is 0. The van der Waals surface area contributed by atoms with Crippen LogP contribution in [0.25, 0.3) is 0 Å². The molecule has 12 heteroatoms. The summed E-state index contributed by atoms with van der Waals surface area (Å²) in [5.41, 5.74) is 4.44. The minimum atomic E-state index is -3.83. The summed E-state index contributed by atoms with van der Waals surface area (Å²) in [6.45, 7) is 7.46. The monoisotopic (exact) mass is 870 g/mol. The number of carbonyl (C=O) groups is 2. The van der Waals surface area contributed by atoms with Crippen molar-refractivity contribution in [1.29, 1.82) is 0 Å². The standard InChI is InChI=1S/C26H28N2O3S.C24H26N2O3S/c1-32(30,31)28(19-21-10-4-2-5-11-21)25-16-8-14-23(18-25)26(29)27-17-9-15-24(20-27)22-12-6-3-7-13-22;1-24(2,3)25-23(27)20-13-10-14-21(17-20)26(18-19-11-6-4-7-12-19)30(28,29)22-15-8-5-9-16-22/h2-8,10-14,16,18,24H,9,15,17,19-20H2,1H3;4-17H,18H2,1-3H3,(H,25,27). The predicted molar refractivity (Wildman–Crippen MR) is 248 cm³/mol. The first-order valence-corrected chi connectivity index (χ1v) is 23.9. The van der Waals surface area contributed by atoms with Gasteiger partial charge in [-0.2, -0.15) is 0 Å². The van der Waals surface area contributed by atoms with Crippen LogP contribution in [0.5, 0.6) is 0 Å². The summed E-state index contributed by atoms with van der Waals surface area (Å²) in [5.74, 6) is 0.0180. The molecular weight excluding hydrogens is 817 g/mol. The number of benzene rings is 6. The SMILES string of the molecule is CC(C)(C)NC(=O)c1cccc(N(Cc2ccccc2)S(=O)(=O)c2ccccc2)c1.CS(=O)(=O)N(Cc1ccccc1)c1cccc(C(=O)N2CCCC(c3ccccc3)C2)c1. The zero-order chi connectivity index (χ0) is 44.3. The molecule has 2 amide bonds. The molecule has 1 heterocycles. The Kier molecular flexibility index (Phi) is 14.7. The summed E-state index contributed by atoms with van der Waals surface area (Å²) < 4.78 is 54.7. The van der Waals surface area contributed by atoms with Gasteiger partial charge < -0.3 is 10.2 Å². The first-order chi connectivity index (χ1) is 29.6. The summed E-state index contributed by atoms with van der Waals surface area (Å²) in [5, 5.41) is 2.91. The Morgan fingerprint density at radius 2 is 1.11 bits per heavy atom. The van der Waals surface area contributed by atoms with E-state index in [9.17, 15) is 26.4 Å². The van der Waals surface area contributed by atoms with Crippen LogP contribution >= 0.6 is 0 Å². The third-order valence-electron chi connectivity index (χ3n) is 10.3. The van der Waals surface area contributed by atoms with E-state index in [1.165, 1.54) is 20.4 Å². The lowest BCUT2D eigenvalue weighted by molar-refractivity contribution is 0.0706. The Morgan fingerprint density at radius 3 is 1.66 bits per heavy atom. The summed E-state index contributed by atoms with van der Waals surface area (Å²) in [6.07, 6.45) is 3.21. The second-order valence-corrected chi connectivity index (χ2v) is 20.1. The van der Waals surface area contributed by atoms with Crippen molar-refractivity contribution in [2.75, 3.05) is 28.0 Å². The highest BCUT2D eigenvalue weighted by molar-refractivity contribution is 7.92. The summed E-state index contributed by atoms with van der Waals surface area (Å²) in [4.78, 5) is 28.0. The molecule has 1 aliphatic heterocycles. The van der Waals surface area contributed by atoms with E-state index in [0.29, 0.717) is 41.5 Å². The van der Waals surface area contributed by atoms with Crippen molar-refractivity contribution in [1.82, 2.24) is 10.2 Å². The second-order valence-electron chi connectivity index (χ2n) is 16.4. The lowest BCUT2D eigenvalue weighted by atomic mass is 9.90. The topological polar surface area (TPSA) is 124 Å². The van der Waals surface area contributed by atoms with Gasteiger partial charge in [-0.3, -0.25) is 18.2 Å². The van der Waals surface area contributed by atoms with Crippen molar-refractivity contribution >= 4 is 43.2 Å². The molecule has 0 saturated carbocycles. The molecule has 6 aromatic rings. The van der Waals surface area contributed by atoms with E-state index in [1.807, 2.05) is 105 Å². The Hall–Kier alpha value is -6.24. The molecule has 0 bridgehead atoms. The first-order valence-electron chi connectivity index (χ1n) is 20.6. The van der Waals surface area contributed by atoms with Gasteiger partial charge in [0.2, 0.25) is 10.0 Å².